The highest BCUT2D eigenvalue weighted by molar-refractivity contribution is 9.10. The molecule has 1 aromatic carbocycles. The van der Waals surface area contributed by atoms with E-state index in [1.54, 1.807) is 12.1 Å². The number of benzene rings is 1. The summed E-state index contributed by atoms with van der Waals surface area (Å²) in [5.41, 5.74) is 0.568. The molecule has 1 aliphatic rings. The minimum Gasteiger partial charge on any atom is -0.340 e. The molecule has 0 aromatic heterocycles. The van der Waals surface area contributed by atoms with Crippen molar-refractivity contribution in [3.63, 3.8) is 0 Å². The third-order valence-electron chi connectivity index (χ3n) is 4.23. The quantitative estimate of drug-likeness (QED) is 0.832. The van der Waals surface area contributed by atoms with Gasteiger partial charge in [0.05, 0.1) is 0 Å². The Morgan fingerprint density at radius 2 is 1.71 bits per heavy atom. The van der Waals surface area contributed by atoms with E-state index in [1.807, 2.05) is 17.0 Å². The molecule has 0 radical (unpaired) electrons. The van der Waals surface area contributed by atoms with E-state index in [0.717, 1.165) is 30.7 Å². The van der Waals surface area contributed by atoms with Gasteiger partial charge in [-0.05, 0) is 43.7 Å². The van der Waals surface area contributed by atoms with E-state index in [4.69, 9.17) is 0 Å². The Hall–Kier alpha value is -1.40. The van der Waals surface area contributed by atoms with Crippen LogP contribution in [0.25, 0.3) is 0 Å². The first-order valence-corrected chi connectivity index (χ1v) is 9.20. The number of hydrogen-bond acceptors (Lipinski definition) is 3. The van der Waals surface area contributed by atoms with E-state index >= 15 is 0 Å². The van der Waals surface area contributed by atoms with E-state index in [-0.39, 0.29) is 11.8 Å². The summed E-state index contributed by atoms with van der Waals surface area (Å²) in [6.07, 6.45) is 0.646. The number of amides is 2. The standard InChI is InChI=1S/C18H26BrN3O2/c1-13(2)12-16(18(24)22-10-8-21(3)9-11-22)20-17(23)14-4-6-15(19)7-5-14/h4-7,13,16H,8-12H2,1-3H3,(H,20,23)/t16-/m0/s1. The second-order valence-corrected chi connectivity index (χ2v) is 7.71. The number of carbonyl (C=O) groups excluding carboxylic acids is 2. The van der Waals surface area contributed by atoms with Crippen LogP contribution in [0, 0.1) is 5.92 Å². The zero-order valence-electron chi connectivity index (χ0n) is 14.6. The lowest BCUT2D eigenvalue weighted by molar-refractivity contribution is -0.135. The lowest BCUT2D eigenvalue weighted by Crippen LogP contribution is -2.54. The maximum absolute atomic E-state index is 12.8. The van der Waals surface area contributed by atoms with Crippen molar-refractivity contribution in [2.45, 2.75) is 26.3 Å². The van der Waals surface area contributed by atoms with Crippen molar-refractivity contribution >= 4 is 27.7 Å². The van der Waals surface area contributed by atoms with Gasteiger partial charge in [0.1, 0.15) is 6.04 Å². The summed E-state index contributed by atoms with van der Waals surface area (Å²) in [4.78, 5) is 29.4. The summed E-state index contributed by atoms with van der Waals surface area (Å²) < 4.78 is 0.922. The molecule has 1 fully saturated rings. The second-order valence-electron chi connectivity index (χ2n) is 6.79. The molecule has 6 heteroatoms. The topological polar surface area (TPSA) is 52.7 Å². The maximum atomic E-state index is 12.8. The van der Waals surface area contributed by atoms with Crippen LogP contribution in [0.5, 0.6) is 0 Å². The van der Waals surface area contributed by atoms with Crippen molar-refractivity contribution in [3.05, 3.63) is 34.3 Å². The largest absolute Gasteiger partial charge is 0.340 e. The van der Waals surface area contributed by atoms with Crippen LogP contribution in [0.2, 0.25) is 0 Å². The second kappa shape index (κ2) is 8.62. The fourth-order valence-electron chi connectivity index (χ4n) is 2.78. The fourth-order valence-corrected chi connectivity index (χ4v) is 3.05. The molecule has 2 amide bonds. The van der Waals surface area contributed by atoms with Crippen molar-refractivity contribution in [3.8, 4) is 0 Å². The average molecular weight is 396 g/mol. The number of nitrogens with zero attached hydrogens (tertiary/aromatic N) is 2. The summed E-state index contributed by atoms with van der Waals surface area (Å²) in [5.74, 6) is 0.162. The molecule has 0 spiro atoms. The van der Waals surface area contributed by atoms with Gasteiger partial charge < -0.3 is 15.1 Å². The molecule has 5 nitrogen and oxygen atoms in total. The van der Waals surface area contributed by atoms with E-state index in [0.29, 0.717) is 17.9 Å². The molecule has 2 rings (SSSR count). The van der Waals surface area contributed by atoms with Crippen LogP contribution in [0.4, 0.5) is 0 Å². The van der Waals surface area contributed by atoms with Crippen LogP contribution in [-0.4, -0.2) is 60.9 Å². The first kappa shape index (κ1) is 18.9. The fraction of sp³-hybridized carbons (Fsp3) is 0.556. The molecule has 1 N–H and O–H groups in total. The number of likely N-dealkylation sites (N-methyl/N-ethyl adjacent to an activating group) is 1. The molecule has 1 aliphatic heterocycles. The predicted molar refractivity (Wildman–Crippen MR) is 98.9 cm³/mol. The highest BCUT2D eigenvalue weighted by Gasteiger charge is 2.28. The highest BCUT2D eigenvalue weighted by Crippen LogP contribution is 2.13. The van der Waals surface area contributed by atoms with Gasteiger partial charge in [-0.2, -0.15) is 0 Å². The molecule has 1 saturated heterocycles. The number of rotatable bonds is 5. The first-order valence-electron chi connectivity index (χ1n) is 8.40. The van der Waals surface area contributed by atoms with Crippen LogP contribution in [0.15, 0.2) is 28.7 Å². The molecule has 1 heterocycles. The van der Waals surface area contributed by atoms with Crippen LogP contribution in [0.1, 0.15) is 30.6 Å². The molecule has 1 atom stereocenters. The number of piperazine rings is 1. The third kappa shape index (κ3) is 5.31. The van der Waals surface area contributed by atoms with Crippen molar-refractivity contribution in [2.75, 3.05) is 33.2 Å². The van der Waals surface area contributed by atoms with Crippen molar-refractivity contribution in [1.29, 1.82) is 0 Å². The van der Waals surface area contributed by atoms with Crippen molar-refractivity contribution in [1.82, 2.24) is 15.1 Å². The highest BCUT2D eigenvalue weighted by atomic mass is 79.9. The zero-order chi connectivity index (χ0) is 17.7. The molecule has 0 aliphatic carbocycles. The van der Waals surface area contributed by atoms with Gasteiger partial charge in [0.15, 0.2) is 0 Å². The smallest absolute Gasteiger partial charge is 0.251 e. The van der Waals surface area contributed by atoms with Gasteiger partial charge in [-0.1, -0.05) is 29.8 Å². The Kier molecular flexibility index (Phi) is 6.80. The molecular weight excluding hydrogens is 370 g/mol. The molecule has 0 saturated carbocycles. The van der Waals surface area contributed by atoms with E-state index in [1.165, 1.54) is 0 Å². The summed E-state index contributed by atoms with van der Waals surface area (Å²) in [7, 11) is 2.06. The van der Waals surface area contributed by atoms with Gasteiger partial charge in [0.2, 0.25) is 5.91 Å². The van der Waals surface area contributed by atoms with Gasteiger partial charge in [-0.15, -0.1) is 0 Å². The van der Waals surface area contributed by atoms with Gasteiger partial charge in [-0.3, -0.25) is 9.59 Å². The SMILES string of the molecule is CC(C)C[C@H](NC(=O)c1ccc(Br)cc1)C(=O)N1CCN(C)CC1. The number of halogens is 1. The van der Waals surface area contributed by atoms with Crippen molar-refractivity contribution in [2.24, 2.45) is 5.92 Å². The van der Waals surface area contributed by atoms with E-state index < -0.39 is 6.04 Å². The molecule has 1 aromatic rings. The van der Waals surface area contributed by atoms with Crippen LogP contribution in [0.3, 0.4) is 0 Å². The Labute approximate surface area is 152 Å². The Morgan fingerprint density at radius 1 is 1.12 bits per heavy atom. The molecule has 24 heavy (non-hydrogen) atoms. The van der Waals surface area contributed by atoms with Crippen LogP contribution < -0.4 is 5.32 Å². The molecular formula is C18H26BrN3O2. The predicted octanol–water partition coefficient (Wildman–Crippen LogP) is 2.37. The monoisotopic (exact) mass is 395 g/mol. The van der Waals surface area contributed by atoms with Crippen molar-refractivity contribution < 1.29 is 9.59 Å². The average Bonchev–Trinajstić information content (AvgIpc) is 2.54. The first-order chi connectivity index (χ1) is 11.4. The Balaban J connectivity index is 2.05. The summed E-state index contributed by atoms with van der Waals surface area (Å²) in [6, 6.07) is 6.70. The molecule has 132 valence electrons. The van der Waals surface area contributed by atoms with E-state index in [2.05, 4.69) is 47.0 Å². The third-order valence-corrected chi connectivity index (χ3v) is 4.76. The number of hydrogen-bond donors (Lipinski definition) is 1. The summed E-state index contributed by atoms with van der Waals surface area (Å²) in [5, 5.41) is 2.93. The number of carbonyl (C=O) groups is 2. The lowest BCUT2D eigenvalue weighted by atomic mass is 10.0. The van der Waals surface area contributed by atoms with E-state index in [9.17, 15) is 9.59 Å². The zero-order valence-corrected chi connectivity index (χ0v) is 16.2. The minimum absolute atomic E-state index is 0.0299. The van der Waals surface area contributed by atoms with Gasteiger partial charge in [-0.25, -0.2) is 0 Å². The normalized spacial score (nSPS) is 17.0. The summed E-state index contributed by atoms with van der Waals surface area (Å²) in [6.45, 7) is 7.32. The van der Waals surface area contributed by atoms with Crippen LogP contribution >= 0.6 is 15.9 Å². The van der Waals surface area contributed by atoms with Gasteiger partial charge in [0.25, 0.3) is 5.91 Å². The maximum Gasteiger partial charge on any atom is 0.251 e. The Bertz CT molecular complexity index is 566. The van der Waals surface area contributed by atoms with Gasteiger partial charge >= 0.3 is 0 Å². The minimum atomic E-state index is -0.468. The van der Waals surface area contributed by atoms with Gasteiger partial charge in [0, 0.05) is 36.2 Å². The molecule has 0 unspecified atom stereocenters. The summed E-state index contributed by atoms with van der Waals surface area (Å²) >= 11 is 3.36. The lowest BCUT2D eigenvalue weighted by Gasteiger charge is -2.35. The number of nitrogens with one attached hydrogen (secondary N) is 1. The molecule has 0 bridgehead atoms. The Morgan fingerprint density at radius 3 is 2.25 bits per heavy atom. The van der Waals surface area contributed by atoms with Crippen LogP contribution in [-0.2, 0) is 4.79 Å².